The Morgan fingerprint density at radius 2 is 1.71 bits per heavy atom. The first kappa shape index (κ1) is 27.4. The molecule has 6 heteroatoms. The molecule has 1 aliphatic rings. The zero-order valence-electron chi connectivity index (χ0n) is 22.1. The Labute approximate surface area is 229 Å². The zero-order chi connectivity index (χ0) is 26.9. The van der Waals surface area contributed by atoms with Crippen molar-refractivity contribution < 1.29 is 19.4 Å². The number of benzene rings is 3. The van der Waals surface area contributed by atoms with E-state index in [1.807, 2.05) is 43.7 Å². The van der Waals surface area contributed by atoms with Gasteiger partial charge in [-0.15, -0.1) is 11.8 Å². The molecular weight excluding hydrogens is 494 g/mol. The van der Waals surface area contributed by atoms with Gasteiger partial charge in [0.05, 0.1) is 6.54 Å². The molecule has 0 radical (unpaired) electrons. The van der Waals surface area contributed by atoms with Gasteiger partial charge >= 0.3 is 5.97 Å². The lowest BCUT2D eigenvalue weighted by Gasteiger charge is -2.12. The van der Waals surface area contributed by atoms with Crippen LogP contribution in [-0.4, -0.2) is 55.1 Å². The number of ether oxygens (including phenoxy) is 2. The maximum Gasteiger partial charge on any atom is 0.341 e. The number of carbonyl (C=O) groups is 1. The molecule has 0 spiro atoms. The van der Waals surface area contributed by atoms with Crippen molar-refractivity contribution in [1.82, 2.24) is 4.90 Å². The molecule has 1 N–H and O–H groups in total. The monoisotopic (exact) mass is 527 g/mol. The molecule has 0 aliphatic heterocycles. The van der Waals surface area contributed by atoms with E-state index in [0.29, 0.717) is 18.1 Å². The van der Waals surface area contributed by atoms with Crippen molar-refractivity contribution in [2.24, 2.45) is 0 Å². The van der Waals surface area contributed by atoms with Crippen LogP contribution in [0.2, 0.25) is 0 Å². The van der Waals surface area contributed by atoms with Crippen LogP contribution < -0.4 is 9.47 Å². The summed E-state index contributed by atoms with van der Waals surface area (Å²) in [7, 11) is 4.02. The van der Waals surface area contributed by atoms with Crippen LogP contribution in [0.15, 0.2) is 77.7 Å². The van der Waals surface area contributed by atoms with Crippen molar-refractivity contribution in [2.75, 3.05) is 33.9 Å². The molecule has 196 valence electrons. The van der Waals surface area contributed by atoms with E-state index in [-0.39, 0.29) is 6.61 Å². The molecule has 0 heterocycles. The second-order valence-corrected chi connectivity index (χ2v) is 10.9. The molecule has 0 unspecified atom stereocenters. The van der Waals surface area contributed by atoms with Crippen molar-refractivity contribution in [3.05, 3.63) is 95.1 Å². The lowest BCUT2D eigenvalue weighted by Crippen LogP contribution is -2.10. The first-order valence-electron chi connectivity index (χ1n) is 12.7. The molecule has 1 saturated carbocycles. The standard InChI is InChI=1S/C32H33NO4S/c1-23-21-27(12-17-31(23)37-22-32(34)35)36-20-18-30(26-10-13-28(14-11-26)38-29-15-16-29)25-8-6-24(7-9-25)5-4-19-33(2)3/h6-14,17-18,21,29H,15-16,19-20,22H2,1-3H3,(H,34,35)/b30-18+. The van der Waals surface area contributed by atoms with Gasteiger partial charge in [-0.2, -0.15) is 0 Å². The summed E-state index contributed by atoms with van der Waals surface area (Å²) in [5.41, 5.74) is 5.14. The van der Waals surface area contributed by atoms with Crippen molar-refractivity contribution in [3.63, 3.8) is 0 Å². The average Bonchev–Trinajstić information content (AvgIpc) is 3.71. The minimum Gasteiger partial charge on any atom is -0.489 e. The summed E-state index contributed by atoms with van der Waals surface area (Å²) in [5, 5.41) is 9.61. The van der Waals surface area contributed by atoms with Crippen LogP contribution in [-0.2, 0) is 4.79 Å². The molecule has 4 rings (SSSR count). The van der Waals surface area contributed by atoms with Gasteiger partial charge in [-0.05, 0) is 105 Å². The second-order valence-electron chi connectivity index (χ2n) is 9.50. The van der Waals surface area contributed by atoms with E-state index in [4.69, 9.17) is 14.6 Å². The van der Waals surface area contributed by atoms with Crippen molar-refractivity contribution in [3.8, 4) is 23.3 Å². The quantitative estimate of drug-likeness (QED) is 0.303. The Hall–Kier alpha value is -3.66. The van der Waals surface area contributed by atoms with Crippen LogP contribution in [0.4, 0.5) is 0 Å². The van der Waals surface area contributed by atoms with E-state index in [0.717, 1.165) is 39.6 Å². The molecule has 0 bridgehead atoms. The van der Waals surface area contributed by atoms with Gasteiger partial charge in [-0.3, -0.25) is 4.90 Å². The molecule has 1 fully saturated rings. The molecule has 0 atom stereocenters. The number of hydrogen-bond donors (Lipinski definition) is 1. The maximum absolute atomic E-state index is 10.8. The molecule has 3 aromatic rings. The Morgan fingerprint density at radius 1 is 1.03 bits per heavy atom. The minimum atomic E-state index is -1.00. The topological polar surface area (TPSA) is 59.0 Å². The summed E-state index contributed by atoms with van der Waals surface area (Å²) in [6, 6.07) is 22.5. The van der Waals surface area contributed by atoms with E-state index in [1.165, 1.54) is 17.7 Å². The number of carboxylic acid groups (broad SMARTS) is 1. The highest BCUT2D eigenvalue weighted by Gasteiger charge is 2.22. The molecule has 5 nitrogen and oxygen atoms in total. The summed E-state index contributed by atoms with van der Waals surface area (Å²) in [4.78, 5) is 14.1. The highest BCUT2D eigenvalue weighted by molar-refractivity contribution is 8.00. The molecule has 0 saturated heterocycles. The number of nitrogens with zero attached hydrogens (tertiary/aromatic N) is 1. The Bertz CT molecular complexity index is 1330. The number of hydrogen-bond acceptors (Lipinski definition) is 5. The third-order valence-corrected chi connectivity index (χ3v) is 7.20. The Balaban J connectivity index is 1.51. The van der Waals surface area contributed by atoms with Gasteiger partial charge in [0.2, 0.25) is 0 Å². The van der Waals surface area contributed by atoms with Crippen molar-refractivity contribution in [2.45, 2.75) is 29.9 Å². The van der Waals surface area contributed by atoms with Gasteiger partial charge in [0.25, 0.3) is 0 Å². The number of rotatable bonds is 11. The summed E-state index contributed by atoms with van der Waals surface area (Å²) < 4.78 is 11.4. The van der Waals surface area contributed by atoms with Crippen LogP contribution in [0, 0.1) is 18.8 Å². The fraction of sp³-hybridized carbons (Fsp3) is 0.281. The lowest BCUT2D eigenvalue weighted by atomic mass is 9.97. The summed E-state index contributed by atoms with van der Waals surface area (Å²) in [5.74, 6) is 6.63. The van der Waals surface area contributed by atoms with Crippen LogP contribution >= 0.6 is 11.8 Å². The summed E-state index contributed by atoms with van der Waals surface area (Å²) in [6.07, 6.45) is 4.72. The molecule has 38 heavy (non-hydrogen) atoms. The number of carboxylic acids is 1. The predicted molar refractivity (Wildman–Crippen MR) is 154 cm³/mol. The summed E-state index contributed by atoms with van der Waals surface area (Å²) in [6.45, 7) is 2.61. The Kier molecular flexibility index (Phi) is 9.53. The number of aryl methyl sites for hydroxylation is 1. The van der Waals surface area contributed by atoms with Gasteiger partial charge < -0.3 is 14.6 Å². The number of thioether (sulfide) groups is 1. The highest BCUT2D eigenvalue weighted by Crippen LogP contribution is 2.39. The van der Waals surface area contributed by atoms with Crippen molar-refractivity contribution >= 4 is 23.3 Å². The Morgan fingerprint density at radius 3 is 2.32 bits per heavy atom. The molecule has 3 aromatic carbocycles. The van der Waals surface area contributed by atoms with Crippen LogP contribution in [0.25, 0.3) is 5.57 Å². The van der Waals surface area contributed by atoms with E-state index < -0.39 is 5.97 Å². The normalized spacial score (nSPS) is 13.1. The van der Waals surface area contributed by atoms with E-state index >= 15 is 0 Å². The average molecular weight is 528 g/mol. The lowest BCUT2D eigenvalue weighted by molar-refractivity contribution is -0.139. The third kappa shape index (κ3) is 8.44. The molecule has 1 aliphatic carbocycles. The van der Waals surface area contributed by atoms with Gasteiger partial charge in [0.1, 0.15) is 18.1 Å². The van der Waals surface area contributed by atoms with Gasteiger partial charge in [-0.25, -0.2) is 4.79 Å². The van der Waals surface area contributed by atoms with Gasteiger partial charge in [0.15, 0.2) is 6.61 Å². The van der Waals surface area contributed by atoms with Gasteiger partial charge in [0, 0.05) is 15.7 Å². The molecule has 0 amide bonds. The largest absolute Gasteiger partial charge is 0.489 e. The minimum absolute atomic E-state index is 0.370. The van der Waals surface area contributed by atoms with E-state index in [9.17, 15) is 4.79 Å². The first-order chi connectivity index (χ1) is 18.4. The zero-order valence-corrected chi connectivity index (χ0v) is 22.9. The smallest absolute Gasteiger partial charge is 0.341 e. The van der Waals surface area contributed by atoms with Gasteiger partial charge in [-0.1, -0.05) is 36.1 Å². The highest BCUT2D eigenvalue weighted by atomic mass is 32.2. The molecule has 0 aromatic heterocycles. The van der Waals surface area contributed by atoms with Crippen LogP contribution in [0.5, 0.6) is 11.5 Å². The second kappa shape index (κ2) is 13.2. The molecular formula is C32H33NO4S. The van der Waals surface area contributed by atoms with Crippen LogP contribution in [0.3, 0.4) is 0 Å². The SMILES string of the molecule is Cc1cc(OC/C=C(\c2ccc(C#CCN(C)C)cc2)c2ccc(SC3CC3)cc2)ccc1OCC(=O)O. The van der Waals surface area contributed by atoms with Crippen LogP contribution in [0.1, 0.15) is 35.1 Å². The van der Waals surface area contributed by atoms with E-state index in [1.54, 1.807) is 12.1 Å². The fourth-order valence-electron chi connectivity index (χ4n) is 3.76. The van der Waals surface area contributed by atoms with E-state index in [2.05, 4.69) is 66.4 Å². The summed E-state index contributed by atoms with van der Waals surface area (Å²) >= 11 is 1.95. The maximum atomic E-state index is 10.8. The third-order valence-electron chi connectivity index (χ3n) is 5.85. The van der Waals surface area contributed by atoms with Crippen molar-refractivity contribution in [1.29, 1.82) is 0 Å². The first-order valence-corrected chi connectivity index (χ1v) is 13.5. The fourth-order valence-corrected chi connectivity index (χ4v) is 4.81. The predicted octanol–water partition coefficient (Wildman–Crippen LogP) is 6.14. The number of aliphatic carboxylic acids is 1.